The number of anilines is 1. The van der Waals surface area contributed by atoms with Crippen LogP contribution in [0.3, 0.4) is 0 Å². The topological polar surface area (TPSA) is 77.1 Å². The number of imide groups is 1. The van der Waals surface area contributed by atoms with Gasteiger partial charge in [-0.25, -0.2) is 0 Å². The van der Waals surface area contributed by atoms with Gasteiger partial charge in [0.25, 0.3) is 11.8 Å². The van der Waals surface area contributed by atoms with Crippen molar-refractivity contribution in [3.63, 3.8) is 0 Å². The highest BCUT2D eigenvalue weighted by atomic mass is 32.1. The van der Waals surface area contributed by atoms with Gasteiger partial charge in [-0.15, -0.1) is 11.3 Å². The Hall–Kier alpha value is -3.78. The number of methoxy groups -OCH3 is 3. The van der Waals surface area contributed by atoms with Crippen LogP contribution in [-0.2, 0) is 16.1 Å². The van der Waals surface area contributed by atoms with Gasteiger partial charge in [0.1, 0.15) is 22.9 Å². The molecule has 4 rings (SSSR count). The fourth-order valence-electron chi connectivity index (χ4n) is 3.42. The van der Waals surface area contributed by atoms with Gasteiger partial charge in [0, 0.05) is 28.8 Å². The van der Waals surface area contributed by atoms with Crippen LogP contribution in [0.5, 0.6) is 17.2 Å². The molecule has 3 aromatic rings. The molecule has 0 radical (unpaired) electrons. The Bertz CT molecular complexity index is 1150. The highest BCUT2D eigenvalue weighted by Gasteiger charge is 2.39. The van der Waals surface area contributed by atoms with E-state index in [2.05, 4.69) is 5.32 Å². The van der Waals surface area contributed by atoms with Crippen molar-refractivity contribution in [2.24, 2.45) is 0 Å². The number of rotatable bonds is 8. The minimum atomic E-state index is -0.393. The predicted octanol–water partition coefficient (Wildman–Crippen LogP) is 4.17. The van der Waals surface area contributed by atoms with Crippen molar-refractivity contribution in [1.29, 1.82) is 0 Å². The number of amides is 2. The van der Waals surface area contributed by atoms with E-state index >= 15 is 0 Å². The average Bonchev–Trinajstić information content (AvgIpc) is 3.42. The van der Waals surface area contributed by atoms with Gasteiger partial charge < -0.3 is 19.5 Å². The second-order valence-corrected chi connectivity index (χ2v) is 7.95. The van der Waals surface area contributed by atoms with Crippen molar-refractivity contribution < 1.29 is 23.8 Å². The molecule has 0 fully saturated rings. The van der Waals surface area contributed by atoms with E-state index in [1.807, 2.05) is 29.6 Å². The summed E-state index contributed by atoms with van der Waals surface area (Å²) in [5, 5.41) is 5.01. The predicted molar refractivity (Wildman–Crippen MR) is 123 cm³/mol. The van der Waals surface area contributed by atoms with Gasteiger partial charge in [-0.3, -0.25) is 14.5 Å². The van der Waals surface area contributed by atoms with Gasteiger partial charge >= 0.3 is 0 Å². The summed E-state index contributed by atoms with van der Waals surface area (Å²) in [7, 11) is 4.69. The lowest BCUT2D eigenvalue weighted by atomic mass is 10.1. The third-order valence-corrected chi connectivity index (χ3v) is 5.94. The Kier molecular flexibility index (Phi) is 6.13. The Balaban J connectivity index is 1.69. The van der Waals surface area contributed by atoms with Crippen molar-refractivity contribution >= 4 is 34.4 Å². The van der Waals surface area contributed by atoms with Crippen LogP contribution in [0.15, 0.2) is 65.7 Å². The van der Waals surface area contributed by atoms with Gasteiger partial charge in [-0.05, 0) is 29.1 Å². The zero-order valence-electron chi connectivity index (χ0n) is 17.9. The number of thiophene rings is 1. The zero-order valence-corrected chi connectivity index (χ0v) is 18.7. The SMILES string of the molecule is COc1ccc(CN2C(=O)C(Nc3cc(OC)cc(OC)c3)=C(c3cccs3)C2=O)cc1. The number of hydrogen-bond acceptors (Lipinski definition) is 7. The first-order chi connectivity index (χ1) is 15.5. The summed E-state index contributed by atoms with van der Waals surface area (Å²) in [4.78, 5) is 28.7. The zero-order chi connectivity index (χ0) is 22.7. The molecule has 0 spiro atoms. The van der Waals surface area contributed by atoms with Crippen LogP contribution in [0, 0.1) is 0 Å². The molecule has 2 amide bonds. The maximum Gasteiger partial charge on any atom is 0.278 e. The molecule has 1 N–H and O–H groups in total. The van der Waals surface area contributed by atoms with E-state index < -0.39 is 5.91 Å². The molecule has 164 valence electrons. The van der Waals surface area contributed by atoms with E-state index in [0.717, 1.165) is 10.4 Å². The third-order valence-electron chi connectivity index (χ3n) is 5.06. The highest BCUT2D eigenvalue weighted by molar-refractivity contribution is 7.11. The first-order valence-corrected chi connectivity index (χ1v) is 10.7. The van der Waals surface area contributed by atoms with Crippen LogP contribution in [-0.4, -0.2) is 38.0 Å². The molecule has 0 saturated heterocycles. The first kappa shape index (κ1) is 21.5. The third kappa shape index (κ3) is 4.17. The number of carbonyl (C=O) groups excluding carboxylic acids is 2. The summed E-state index contributed by atoms with van der Waals surface area (Å²) in [5.41, 5.74) is 1.97. The molecule has 0 unspecified atom stereocenters. The molecule has 7 nitrogen and oxygen atoms in total. The monoisotopic (exact) mass is 450 g/mol. The van der Waals surface area contributed by atoms with Gasteiger partial charge in [0.05, 0.1) is 33.4 Å². The standard InChI is InChI=1S/C24H22N2O5S/c1-29-17-8-6-15(7-9-17)14-26-23(27)21(20-5-4-10-32-20)22(24(26)28)25-16-11-18(30-2)13-19(12-16)31-3/h4-13,25H,14H2,1-3H3. The maximum absolute atomic E-state index is 13.4. The second-order valence-electron chi connectivity index (χ2n) is 7.00. The normalized spacial score (nSPS) is 13.5. The number of benzene rings is 2. The van der Waals surface area contributed by atoms with Crippen molar-refractivity contribution in [1.82, 2.24) is 4.90 Å². The fraction of sp³-hybridized carbons (Fsp3) is 0.167. The Morgan fingerprint density at radius 1 is 0.844 bits per heavy atom. The van der Waals surface area contributed by atoms with Crippen LogP contribution in [0.25, 0.3) is 5.57 Å². The number of nitrogens with one attached hydrogen (secondary N) is 1. The average molecular weight is 451 g/mol. The number of hydrogen-bond donors (Lipinski definition) is 1. The fourth-order valence-corrected chi connectivity index (χ4v) is 4.19. The largest absolute Gasteiger partial charge is 0.497 e. The van der Waals surface area contributed by atoms with Crippen molar-refractivity contribution in [3.05, 3.63) is 76.1 Å². The van der Waals surface area contributed by atoms with E-state index in [0.29, 0.717) is 28.5 Å². The molecule has 1 aromatic heterocycles. The quantitative estimate of drug-likeness (QED) is 0.519. The molecule has 2 aromatic carbocycles. The van der Waals surface area contributed by atoms with Gasteiger partial charge in [-0.1, -0.05) is 18.2 Å². The molecular weight excluding hydrogens is 428 g/mol. The van der Waals surface area contributed by atoms with E-state index in [1.54, 1.807) is 51.7 Å². The molecule has 32 heavy (non-hydrogen) atoms. The van der Waals surface area contributed by atoms with Crippen molar-refractivity contribution in [3.8, 4) is 17.2 Å². The molecule has 0 saturated carbocycles. The molecule has 1 aliphatic rings. The van der Waals surface area contributed by atoms with E-state index in [9.17, 15) is 9.59 Å². The number of ether oxygens (including phenoxy) is 3. The molecule has 0 atom stereocenters. The van der Waals surface area contributed by atoms with E-state index in [1.165, 1.54) is 16.2 Å². The van der Waals surface area contributed by atoms with E-state index in [4.69, 9.17) is 14.2 Å². The minimum Gasteiger partial charge on any atom is -0.497 e. The number of nitrogens with zero attached hydrogens (tertiary/aromatic N) is 1. The van der Waals surface area contributed by atoms with Gasteiger partial charge in [0.15, 0.2) is 0 Å². The van der Waals surface area contributed by atoms with Crippen molar-refractivity contribution in [2.45, 2.75) is 6.54 Å². The molecule has 0 bridgehead atoms. The summed E-state index contributed by atoms with van der Waals surface area (Å²) in [6.07, 6.45) is 0. The molecule has 2 heterocycles. The summed E-state index contributed by atoms with van der Waals surface area (Å²) in [6, 6.07) is 16.2. The van der Waals surface area contributed by atoms with Crippen LogP contribution >= 0.6 is 11.3 Å². The lowest BCUT2D eigenvalue weighted by Gasteiger charge is -2.16. The minimum absolute atomic E-state index is 0.156. The lowest BCUT2D eigenvalue weighted by molar-refractivity contribution is -0.137. The van der Waals surface area contributed by atoms with Crippen LogP contribution < -0.4 is 19.5 Å². The Morgan fingerprint density at radius 2 is 1.50 bits per heavy atom. The van der Waals surface area contributed by atoms with Crippen LogP contribution in [0.4, 0.5) is 5.69 Å². The van der Waals surface area contributed by atoms with Crippen LogP contribution in [0.1, 0.15) is 10.4 Å². The second kappa shape index (κ2) is 9.15. The molecule has 1 aliphatic heterocycles. The molecule has 8 heteroatoms. The summed E-state index contributed by atoms with van der Waals surface area (Å²) in [6.45, 7) is 0.156. The van der Waals surface area contributed by atoms with Crippen molar-refractivity contribution in [2.75, 3.05) is 26.6 Å². The Labute approximate surface area is 189 Å². The molecule has 0 aliphatic carbocycles. The first-order valence-electron chi connectivity index (χ1n) is 9.81. The molecular formula is C24H22N2O5S. The Morgan fingerprint density at radius 3 is 2.06 bits per heavy atom. The lowest BCUT2D eigenvalue weighted by Crippen LogP contribution is -2.31. The van der Waals surface area contributed by atoms with E-state index in [-0.39, 0.29) is 18.1 Å². The van der Waals surface area contributed by atoms with Gasteiger partial charge in [-0.2, -0.15) is 0 Å². The highest BCUT2D eigenvalue weighted by Crippen LogP contribution is 2.35. The number of carbonyl (C=O) groups is 2. The summed E-state index contributed by atoms with van der Waals surface area (Å²) >= 11 is 1.41. The summed E-state index contributed by atoms with van der Waals surface area (Å²) < 4.78 is 15.8. The van der Waals surface area contributed by atoms with Crippen LogP contribution in [0.2, 0.25) is 0 Å². The smallest absolute Gasteiger partial charge is 0.278 e. The summed E-state index contributed by atoms with van der Waals surface area (Å²) in [5.74, 6) is 1.11. The maximum atomic E-state index is 13.4. The van der Waals surface area contributed by atoms with Gasteiger partial charge in [0.2, 0.25) is 0 Å².